The quantitative estimate of drug-likeness (QED) is 0.854. The zero-order valence-corrected chi connectivity index (χ0v) is 11.5. The molecule has 1 saturated heterocycles. The number of alkyl halides is 1. The van der Waals surface area contributed by atoms with Crippen molar-refractivity contribution in [1.82, 2.24) is 14.7 Å². The molecule has 20 heavy (non-hydrogen) atoms. The third-order valence-electron chi connectivity index (χ3n) is 4.02. The van der Waals surface area contributed by atoms with E-state index in [1.165, 1.54) is 5.56 Å². The fraction of sp³-hybridized carbons (Fsp3) is 0.438. The van der Waals surface area contributed by atoms with Gasteiger partial charge < -0.3 is 0 Å². The zero-order chi connectivity index (χ0) is 13.8. The van der Waals surface area contributed by atoms with Crippen molar-refractivity contribution in [2.75, 3.05) is 19.6 Å². The Hall–Kier alpha value is -1.68. The molecule has 106 valence electrons. The van der Waals surface area contributed by atoms with Crippen LogP contribution in [-0.4, -0.2) is 40.5 Å². The van der Waals surface area contributed by atoms with Gasteiger partial charge in [0.2, 0.25) is 0 Å². The highest BCUT2D eigenvalue weighted by Gasteiger charge is 2.30. The van der Waals surface area contributed by atoms with Crippen LogP contribution in [0.25, 0.3) is 0 Å². The van der Waals surface area contributed by atoms with E-state index in [9.17, 15) is 4.39 Å². The number of halogens is 1. The van der Waals surface area contributed by atoms with Crippen LogP contribution in [0.5, 0.6) is 0 Å². The summed E-state index contributed by atoms with van der Waals surface area (Å²) in [5, 5.41) is 4.17. The first-order valence-corrected chi connectivity index (χ1v) is 7.22. The molecule has 1 aromatic heterocycles. The largest absolute Gasteiger partial charge is 0.300 e. The predicted octanol–water partition coefficient (Wildman–Crippen LogP) is 2.71. The van der Waals surface area contributed by atoms with Crippen LogP contribution in [0.15, 0.2) is 48.8 Å². The number of likely N-dealkylation sites (tertiary alicyclic amines) is 1. The van der Waals surface area contributed by atoms with Crippen molar-refractivity contribution in [1.29, 1.82) is 0 Å². The van der Waals surface area contributed by atoms with E-state index in [0.717, 1.165) is 25.9 Å². The maximum absolute atomic E-state index is 14.3. The van der Waals surface area contributed by atoms with E-state index in [0.29, 0.717) is 6.54 Å². The van der Waals surface area contributed by atoms with Crippen LogP contribution in [0, 0.1) is 0 Å². The summed E-state index contributed by atoms with van der Waals surface area (Å²) >= 11 is 0. The molecular weight excluding hydrogens is 253 g/mol. The van der Waals surface area contributed by atoms with Crippen LogP contribution in [0.1, 0.15) is 18.0 Å². The average molecular weight is 273 g/mol. The molecule has 0 radical (unpaired) electrons. The van der Waals surface area contributed by atoms with E-state index < -0.39 is 6.17 Å². The number of piperidine rings is 1. The lowest BCUT2D eigenvalue weighted by Crippen LogP contribution is -2.43. The first-order chi connectivity index (χ1) is 9.83. The Morgan fingerprint density at radius 3 is 2.75 bits per heavy atom. The van der Waals surface area contributed by atoms with E-state index in [-0.39, 0.29) is 6.04 Å². The molecule has 2 atom stereocenters. The predicted molar refractivity (Wildman–Crippen MR) is 77.4 cm³/mol. The highest BCUT2D eigenvalue weighted by molar-refractivity contribution is 5.14. The molecule has 0 unspecified atom stereocenters. The molecule has 0 aliphatic carbocycles. The van der Waals surface area contributed by atoms with Gasteiger partial charge in [-0.3, -0.25) is 9.58 Å². The van der Waals surface area contributed by atoms with E-state index in [1.807, 2.05) is 18.3 Å². The van der Waals surface area contributed by atoms with Crippen molar-refractivity contribution in [3.8, 4) is 0 Å². The lowest BCUT2D eigenvalue weighted by Gasteiger charge is -2.34. The van der Waals surface area contributed by atoms with Gasteiger partial charge >= 0.3 is 0 Å². The topological polar surface area (TPSA) is 21.1 Å². The molecule has 0 N–H and O–H groups in total. The maximum Gasteiger partial charge on any atom is 0.135 e. The third-order valence-corrected chi connectivity index (χ3v) is 4.02. The molecular formula is C16H20FN3. The van der Waals surface area contributed by atoms with Crippen LogP contribution in [-0.2, 0) is 6.42 Å². The molecule has 1 aromatic carbocycles. The van der Waals surface area contributed by atoms with Crippen LogP contribution in [0.4, 0.5) is 4.39 Å². The molecule has 2 aromatic rings. The summed E-state index contributed by atoms with van der Waals surface area (Å²) < 4.78 is 16.0. The van der Waals surface area contributed by atoms with Gasteiger partial charge in [-0.25, -0.2) is 4.39 Å². The molecule has 2 heterocycles. The second-order valence-electron chi connectivity index (χ2n) is 5.39. The number of hydrogen-bond donors (Lipinski definition) is 0. The smallest absolute Gasteiger partial charge is 0.135 e. The summed E-state index contributed by atoms with van der Waals surface area (Å²) in [5.41, 5.74) is 1.32. The van der Waals surface area contributed by atoms with Gasteiger partial charge in [-0.2, -0.15) is 5.10 Å². The summed E-state index contributed by atoms with van der Waals surface area (Å²) in [6, 6.07) is 12.1. The molecule has 3 nitrogen and oxygen atoms in total. The number of hydrogen-bond acceptors (Lipinski definition) is 2. The fourth-order valence-electron chi connectivity index (χ4n) is 2.87. The van der Waals surface area contributed by atoms with Crippen molar-refractivity contribution in [3.63, 3.8) is 0 Å². The van der Waals surface area contributed by atoms with E-state index >= 15 is 0 Å². The SMILES string of the molecule is F[C@H]1CN(CCc2ccccc2)CC[C@H]1n1cccn1. The van der Waals surface area contributed by atoms with Crippen LogP contribution in [0.2, 0.25) is 0 Å². The van der Waals surface area contributed by atoms with Crippen LogP contribution >= 0.6 is 0 Å². The van der Waals surface area contributed by atoms with Crippen LogP contribution in [0.3, 0.4) is 0 Å². The monoisotopic (exact) mass is 273 g/mol. The molecule has 0 amide bonds. The number of aromatic nitrogens is 2. The molecule has 1 aliphatic rings. The molecule has 1 fully saturated rings. The van der Waals surface area contributed by atoms with E-state index in [4.69, 9.17) is 0 Å². The van der Waals surface area contributed by atoms with Gasteiger partial charge in [0.25, 0.3) is 0 Å². The Balaban J connectivity index is 1.52. The van der Waals surface area contributed by atoms with Gasteiger partial charge in [-0.15, -0.1) is 0 Å². The first kappa shape index (κ1) is 13.3. The summed E-state index contributed by atoms with van der Waals surface area (Å²) in [7, 11) is 0. The average Bonchev–Trinajstić information content (AvgIpc) is 3.00. The van der Waals surface area contributed by atoms with Gasteiger partial charge in [0.1, 0.15) is 6.17 Å². The van der Waals surface area contributed by atoms with Gasteiger partial charge in [0, 0.05) is 32.0 Å². The minimum Gasteiger partial charge on any atom is -0.300 e. The maximum atomic E-state index is 14.3. The van der Waals surface area contributed by atoms with Gasteiger partial charge in [-0.1, -0.05) is 30.3 Å². The molecule has 1 aliphatic heterocycles. The Morgan fingerprint density at radius 2 is 2.05 bits per heavy atom. The highest BCUT2D eigenvalue weighted by Crippen LogP contribution is 2.24. The fourth-order valence-corrected chi connectivity index (χ4v) is 2.87. The minimum absolute atomic E-state index is 0.0991. The molecule has 0 bridgehead atoms. The molecule has 0 saturated carbocycles. The van der Waals surface area contributed by atoms with Crippen LogP contribution < -0.4 is 0 Å². The number of nitrogens with zero attached hydrogens (tertiary/aromatic N) is 3. The third kappa shape index (κ3) is 3.07. The molecule has 4 heteroatoms. The van der Waals surface area contributed by atoms with Crippen molar-refractivity contribution in [3.05, 3.63) is 54.4 Å². The normalized spacial score (nSPS) is 23.9. The minimum atomic E-state index is -0.834. The second kappa shape index (κ2) is 6.18. The Bertz CT molecular complexity index is 512. The van der Waals surface area contributed by atoms with Gasteiger partial charge in [0.15, 0.2) is 0 Å². The number of benzene rings is 1. The highest BCUT2D eigenvalue weighted by atomic mass is 19.1. The van der Waals surface area contributed by atoms with Gasteiger partial charge in [0.05, 0.1) is 6.04 Å². The van der Waals surface area contributed by atoms with Crippen molar-refractivity contribution >= 4 is 0 Å². The summed E-state index contributed by atoms with van der Waals surface area (Å²) in [6.45, 7) is 2.38. The lowest BCUT2D eigenvalue weighted by atomic mass is 10.0. The van der Waals surface area contributed by atoms with Crippen molar-refractivity contribution in [2.45, 2.75) is 25.1 Å². The summed E-state index contributed by atoms with van der Waals surface area (Å²) in [4.78, 5) is 2.22. The number of rotatable bonds is 4. The first-order valence-electron chi connectivity index (χ1n) is 7.22. The Morgan fingerprint density at radius 1 is 1.20 bits per heavy atom. The second-order valence-corrected chi connectivity index (χ2v) is 5.39. The van der Waals surface area contributed by atoms with Crippen molar-refractivity contribution in [2.24, 2.45) is 0 Å². The molecule has 3 rings (SSSR count). The lowest BCUT2D eigenvalue weighted by molar-refractivity contribution is 0.0846. The summed E-state index contributed by atoms with van der Waals surface area (Å²) in [6.07, 6.45) is 4.56. The Labute approximate surface area is 119 Å². The van der Waals surface area contributed by atoms with Gasteiger partial charge in [-0.05, 0) is 24.5 Å². The van der Waals surface area contributed by atoms with Crippen molar-refractivity contribution < 1.29 is 4.39 Å². The zero-order valence-electron chi connectivity index (χ0n) is 11.5. The standard InChI is InChI=1S/C16H20FN3/c17-15-13-19(11-7-14-5-2-1-3-6-14)12-8-16(15)20-10-4-9-18-20/h1-6,9-10,15-16H,7-8,11-13H2/t15-,16+/m0/s1. The molecule has 0 spiro atoms. The van der Waals surface area contributed by atoms with E-state index in [2.05, 4.69) is 34.3 Å². The summed E-state index contributed by atoms with van der Waals surface area (Å²) in [5.74, 6) is 0. The Kier molecular flexibility index (Phi) is 4.11. The van der Waals surface area contributed by atoms with E-state index in [1.54, 1.807) is 10.9 Å².